The van der Waals surface area contributed by atoms with Gasteiger partial charge in [-0.05, 0) is 32.6 Å². The molecular formula is C11H22N2. The quantitative estimate of drug-likeness (QED) is 0.517. The van der Waals surface area contributed by atoms with Gasteiger partial charge in [-0.3, -0.25) is 4.99 Å². The highest BCUT2D eigenvalue weighted by molar-refractivity contribution is 5.83. The number of nitrogens with zero attached hydrogens (tertiary/aromatic N) is 1. The molecule has 1 fully saturated rings. The molecule has 0 aromatic heterocycles. The molecule has 1 aliphatic carbocycles. The number of rotatable bonds is 2. The molecule has 0 radical (unpaired) electrons. The lowest BCUT2D eigenvalue weighted by Gasteiger charge is -2.25. The molecule has 0 unspecified atom stereocenters. The van der Waals surface area contributed by atoms with Crippen LogP contribution in [0.4, 0.5) is 0 Å². The van der Waals surface area contributed by atoms with Gasteiger partial charge in [0.2, 0.25) is 0 Å². The fourth-order valence-electron chi connectivity index (χ4n) is 1.96. The minimum atomic E-state index is 0.347. The molecule has 0 bridgehead atoms. The molecule has 2 nitrogen and oxygen atoms in total. The molecule has 76 valence electrons. The van der Waals surface area contributed by atoms with E-state index in [0.717, 1.165) is 11.8 Å². The van der Waals surface area contributed by atoms with E-state index >= 15 is 0 Å². The van der Waals surface area contributed by atoms with Crippen molar-refractivity contribution in [3.63, 3.8) is 0 Å². The monoisotopic (exact) mass is 182 g/mol. The summed E-state index contributed by atoms with van der Waals surface area (Å²) in [5, 5.41) is 0. The van der Waals surface area contributed by atoms with Crippen molar-refractivity contribution in [1.82, 2.24) is 0 Å². The first-order chi connectivity index (χ1) is 6.09. The third-order valence-corrected chi connectivity index (χ3v) is 2.84. The van der Waals surface area contributed by atoms with Crippen LogP contribution in [-0.4, -0.2) is 11.9 Å². The van der Waals surface area contributed by atoms with Crippen molar-refractivity contribution >= 4 is 5.84 Å². The Hall–Kier alpha value is -0.530. The molecule has 0 aromatic rings. The Kier molecular flexibility index (Phi) is 3.76. The smallest absolute Gasteiger partial charge is 0.0971 e. The zero-order valence-corrected chi connectivity index (χ0v) is 9.09. The van der Waals surface area contributed by atoms with Crippen LogP contribution in [0.25, 0.3) is 0 Å². The van der Waals surface area contributed by atoms with Crippen LogP contribution in [0.3, 0.4) is 0 Å². The Morgan fingerprint density at radius 1 is 1.23 bits per heavy atom. The van der Waals surface area contributed by atoms with Crippen molar-refractivity contribution in [3.05, 3.63) is 0 Å². The summed E-state index contributed by atoms with van der Waals surface area (Å²) in [5.41, 5.74) is 5.94. The fraction of sp³-hybridized carbons (Fsp3) is 0.909. The first-order valence-electron chi connectivity index (χ1n) is 5.42. The Labute approximate surface area is 81.6 Å². The predicted molar refractivity (Wildman–Crippen MR) is 57.9 cm³/mol. The molecular weight excluding hydrogens is 160 g/mol. The lowest BCUT2D eigenvalue weighted by molar-refractivity contribution is 0.342. The number of amidine groups is 1. The molecule has 0 amide bonds. The van der Waals surface area contributed by atoms with Crippen LogP contribution < -0.4 is 5.73 Å². The lowest BCUT2D eigenvalue weighted by Crippen LogP contribution is -2.28. The summed E-state index contributed by atoms with van der Waals surface area (Å²) < 4.78 is 0. The average molecular weight is 182 g/mol. The number of aliphatic imine (C=N–C) groups is 1. The van der Waals surface area contributed by atoms with Crippen LogP contribution in [0, 0.1) is 11.8 Å². The molecule has 1 aliphatic rings. The number of hydrogen-bond donors (Lipinski definition) is 1. The van der Waals surface area contributed by atoms with E-state index in [4.69, 9.17) is 5.73 Å². The fourth-order valence-corrected chi connectivity index (χ4v) is 1.96. The van der Waals surface area contributed by atoms with Crippen LogP contribution >= 0.6 is 0 Å². The largest absolute Gasteiger partial charge is 0.387 e. The normalized spacial score (nSPS) is 30.9. The van der Waals surface area contributed by atoms with E-state index in [1.165, 1.54) is 25.7 Å². The Balaban J connectivity index is 2.44. The Morgan fingerprint density at radius 2 is 1.77 bits per heavy atom. The summed E-state index contributed by atoms with van der Waals surface area (Å²) in [7, 11) is 0. The molecule has 0 heterocycles. The van der Waals surface area contributed by atoms with Crippen molar-refractivity contribution in [3.8, 4) is 0 Å². The van der Waals surface area contributed by atoms with Crippen LogP contribution in [0.1, 0.15) is 46.5 Å². The van der Waals surface area contributed by atoms with Crippen molar-refractivity contribution in [2.45, 2.75) is 52.5 Å². The van der Waals surface area contributed by atoms with Gasteiger partial charge in [-0.25, -0.2) is 0 Å². The molecule has 0 atom stereocenters. The van der Waals surface area contributed by atoms with E-state index in [-0.39, 0.29) is 0 Å². The van der Waals surface area contributed by atoms with Gasteiger partial charge >= 0.3 is 0 Å². The lowest BCUT2D eigenvalue weighted by atomic mass is 9.82. The minimum absolute atomic E-state index is 0.347. The Bertz CT molecular complexity index is 177. The van der Waals surface area contributed by atoms with Gasteiger partial charge < -0.3 is 5.73 Å². The summed E-state index contributed by atoms with van der Waals surface area (Å²) in [6.45, 7) is 6.49. The molecule has 0 spiro atoms. The maximum absolute atomic E-state index is 5.94. The van der Waals surface area contributed by atoms with E-state index in [1.807, 2.05) is 0 Å². The minimum Gasteiger partial charge on any atom is -0.387 e. The molecule has 13 heavy (non-hydrogen) atoms. The Morgan fingerprint density at radius 3 is 2.23 bits per heavy atom. The van der Waals surface area contributed by atoms with Crippen molar-refractivity contribution in [1.29, 1.82) is 0 Å². The van der Waals surface area contributed by atoms with Crippen LogP contribution in [0.15, 0.2) is 4.99 Å². The zero-order chi connectivity index (χ0) is 9.84. The first-order valence-corrected chi connectivity index (χ1v) is 5.42. The molecule has 0 aliphatic heterocycles. The van der Waals surface area contributed by atoms with E-state index in [0.29, 0.717) is 12.0 Å². The molecule has 0 saturated heterocycles. The zero-order valence-electron chi connectivity index (χ0n) is 9.09. The van der Waals surface area contributed by atoms with Crippen molar-refractivity contribution in [2.24, 2.45) is 22.6 Å². The average Bonchev–Trinajstić information content (AvgIpc) is 2.04. The molecule has 2 heteroatoms. The highest BCUT2D eigenvalue weighted by atomic mass is 14.9. The number of nitrogens with two attached hydrogens (primary N) is 1. The van der Waals surface area contributed by atoms with Crippen LogP contribution in [0.2, 0.25) is 0 Å². The van der Waals surface area contributed by atoms with Gasteiger partial charge in [0.05, 0.1) is 5.84 Å². The van der Waals surface area contributed by atoms with Gasteiger partial charge in [-0.15, -0.1) is 0 Å². The molecule has 0 aromatic carbocycles. The summed E-state index contributed by atoms with van der Waals surface area (Å²) in [6, 6.07) is 0.347. The number of hydrogen-bond acceptors (Lipinski definition) is 1. The summed E-state index contributed by atoms with van der Waals surface area (Å²) in [6.07, 6.45) is 5.12. The highest BCUT2D eigenvalue weighted by Gasteiger charge is 2.20. The third kappa shape index (κ3) is 3.37. The van der Waals surface area contributed by atoms with Crippen molar-refractivity contribution < 1.29 is 0 Å². The van der Waals surface area contributed by atoms with E-state index in [9.17, 15) is 0 Å². The van der Waals surface area contributed by atoms with Gasteiger partial charge in [-0.2, -0.15) is 0 Å². The molecule has 2 N–H and O–H groups in total. The topological polar surface area (TPSA) is 38.4 Å². The van der Waals surface area contributed by atoms with E-state index in [2.05, 4.69) is 25.8 Å². The highest BCUT2D eigenvalue weighted by Crippen LogP contribution is 2.28. The standard InChI is InChI=1S/C11H22N2/c1-8(2)13-11(12)10-6-4-9(3)5-7-10/h8-10H,4-7H2,1-3H3,(H2,12,13). The summed E-state index contributed by atoms with van der Waals surface area (Å²) >= 11 is 0. The third-order valence-electron chi connectivity index (χ3n) is 2.84. The van der Waals surface area contributed by atoms with Gasteiger partial charge in [0, 0.05) is 12.0 Å². The van der Waals surface area contributed by atoms with Crippen molar-refractivity contribution in [2.75, 3.05) is 0 Å². The maximum Gasteiger partial charge on any atom is 0.0971 e. The van der Waals surface area contributed by atoms with Gasteiger partial charge in [-0.1, -0.05) is 19.8 Å². The maximum atomic E-state index is 5.94. The van der Waals surface area contributed by atoms with Gasteiger partial charge in [0.1, 0.15) is 0 Å². The second kappa shape index (κ2) is 4.64. The molecule has 1 rings (SSSR count). The second-order valence-electron chi connectivity index (χ2n) is 4.60. The summed E-state index contributed by atoms with van der Waals surface area (Å²) in [5.74, 6) is 2.35. The predicted octanol–water partition coefficient (Wildman–Crippen LogP) is 2.58. The first kappa shape index (κ1) is 10.6. The SMILES string of the molecule is CC1CCC(C(N)=NC(C)C)CC1. The van der Waals surface area contributed by atoms with Crippen LogP contribution in [-0.2, 0) is 0 Å². The summed E-state index contributed by atoms with van der Waals surface area (Å²) in [4.78, 5) is 4.42. The van der Waals surface area contributed by atoms with Crippen LogP contribution in [0.5, 0.6) is 0 Å². The van der Waals surface area contributed by atoms with Gasteiger partial charge in [0.15, 0.2) is 0 Å². The second-order valence-corrected chi connectivity index (χ2v) is 4.60. The van der Waals surface area contributed by atoms with E-state index in [1.54, 1.807) is 0 Å². The molecule has 1 saturated carbocycles. The van der Waals surface area contributed by atoms with Gasteiger partial charge in [0.25, 0.3) is 0 Å². The van der Waals surface area contributed by atoms with E-state index < -0.39 is 0 Å².